The Morgan fingerprint density at radius 2 is 2.10 bits per heavy atom. The summed E-state index contributed by atoms with van der Waals surface area (Å²) in [5, 5.41) is 13.4. The number of aromatic hydroxyl groups is 1. The predicted molar refractivity (Wildman–Crippen MR) is 83.9 cm³/mol. The topological polar surface area (TPSA) is 70.9 Å². The molecule has 0 aliphatic carbocycles. The number of hydrazone groups is 1. The highest BCUT2D eigenvalue weighted by molar-refractivity contribution is 9.10. The summed E-state index contributed by atoms with van der Waals surface area (Å²) in [6.45, 7) is 0. The SMILES string of the molecule is COc1ccc(/C=N/NC(=O)c2ccccc2O)cc1Br. The van der Waals surface area contributed by atoms with Crippen LogP contribution in [0.25, 0.3) is 0 Å². The van der Waals surface area contributed by atoms with E-state index in [1.165, 1.54) is 18.3 Å². The van der Waals surface area contributed by atoms with Crippen molar-refractivity contribution in [2.24, 2.45) is 5.10 Å². The van der Waals surface area contributed by atoms with Crippen LogP contribution < -0.4 is 10.2 Å². The maximum Gasteiger partial charge on any atom is 0.275 e. The molecular formula is C15H13BrN2O3. The quantitative estimate of drug-likeness (QED) is 0.659. The molecule has 0 fully saturated rings. The van der Waals surface area contributed by atoms with Crippen molar-refractivity contribution >= 4 is 28.1 Å². The van der Waals surface area contributed by atoms with E-state index in [1.807, 2.05) is 6.07 Å². The average Bonchev–Trinajstić information content (AvgIpc) is 2.48. The van der Waals surface area contributed by atoms with Crippen LogP contribution in [0.4, 0.5) is 0 Å². The van der Waals surface area contributed by atoms with Gasteiger partial charge in [-0.2, -0.15) is 5.10 Å². The molecule has 2 rings (SSSR count). The summed E-state index contributed by atoms with van der Waals surface area (Å²) in [5.74, 6) is 0.153. The van der Waals surface area contributed by atoms with Crippen molar-refractivity contribution in [3.05, 3.63) is 58.1 Å². The number of carbonyl (C=O) groups excluding carboxylic acids is 1. The number of halogens is 1. The molecule has 0 bridgehead atoms. The van der Waals surface area contributed by atoms with Gasteiger partial charge in [0.1, 0.15) is 11.5 Å². The van der Waals surface area contributed by atoms with Gasteiger partial charge in [-0.1, -0.05) is 12.1 Å². The third-order valence-corrected chi connectivity index (χ3v) is 3.32. The lowest BCUT2D eigenvalue weighted by atomic mass is 10.2. The molecule has 0 aliphatic heterocycles. The van der Waals surface area contributed by atoms with Crippen LogP contribution in [0.5, 0.6) is 11.5 Å². The van der Waals surface area contributed by atoms with Crippen molar-refractivity contribution < 1.29 is 14.6 Å². The van der Waals surface area contributed by atoms with Gasteiger partial charge in [-0.3, -0.25) is 4.79 Å². The fourth-order valence-electron chi connectivity index (χ4n) is 1.65. The van der Waals surface area contributed by atoms with E-state index in [0.717, 1.165) is 10.0 Å². The molecule has 1 amide bonds. The Labute approximate surface area is 130 Å². The zero-order valence-electron chi connectivity index (χ0n) is 11.2. The number of ether oxygens (including phenoxy) is 1. The van der Waals surface area contributed by atoms with Gasteiger partial charge in [-0.25, -0.2) is 5.43 Å². The van der Waals surface area contributed by atoms with Crippen LogP contribution in [0.15, 0.2) is 52.0 Å². The van der Waals surface area contributed by atoms with Crippen LogP contribution in [0.3, 0.4) is 0 Å². The zero-order valence-corrected chi connectivity index (χ0v) is 12.8. The molecule has 0 heterocycles. The van der Waals surface area contributed by atoms with Crippen LogP contribution >= 0.6 is 15.9 Å². The Kier molecular flexibility index (Phi) is 4.94. The first-order chi connectivity index (χ1) is 10.1. The third-order valence-electron chi connectivity index (χ3n) is 2.70. The van der Waals surface area contributed by atoms with Gasteiger partial charge in [0.2, 0.25) is 0 Å². The molecule has 6 heteroatoms. The average molecular weight is 349 g/mol. The lowest BCUT2D eigenvalue weighted by molar-refractivity contribution is 0.0952. The highest BCUT2D eigenvalue weighted by Gasteiger charge is 2.08. The first-order valence-electron chi connectivity index (χ1n) is 6.06. The van der Waals surface area contributed by atoms with Crippen molar-refractivity contribution in [3.8, 4) is 11.5 Å². The monoisotopic (exact) mass is 348 g/mol. The lowest BCUT2D eigenvalue weighted by Crippen LogP contribution is -2.17. The molecule has 21 heavy (non-hydrogen) atoms. The molecule has 2 N–H and O–H groups in total. The zero-order chi connectivity index (χ0) is 15.2. The Bertz CT molecular complexity index is 686. The molecule has 2 aromatic carbocycles. The van der Waals surface area contributed by atoms with E-state index in [9.17, 15) is 9.90 Å². The number of phenols is 1. The minimum Gasteiger partial charge on any atom is -0.507 e. The van der Waals surface area contributed by atoms with Crippen LogP contribution in [-0.2, 0) is 0 Å². The molecule has 0 unspecified atom stereocenters. The van der Waals surface area contributed by atoms with Gasteiger partial charge < -0.3 is 9.84 Å². The molecule has 0 atom stereocenters. The maximum absolute atomic E-state index is 11.8. The summed E-state index contributed by atoms with van der Waals surface area (Å²) in [6.07, 6.45) is 1.50. The second-order valence-electron chi connectivity index (χ2n) is 4.11. The summed E-state index contributed by atoms with van der Waals surface area (Å²) in [7, 11) is 1.58. The number of para-hydroxylation sites is 1. The molecule has 0 aromatic heterocycles. The van der Waals surface area contributed by atoms with Gasteiger partial charge >= 0.3 is 0 Å². The van der Waals surface area contributed by atoms with Gasteiger partial charge in [-0.05, 0) is 51.8 Å². The summed E-state index contributed by atoms with van der Waals surface area (Å²) >= 11 is 3.37. The number of methoxy groups -OCH3 is 1. The van der Waals surface area contributed by atoms with E-state index < -0.39 is 5.91 Å². The van der Waals surface area contributed by atoms with E-state index in [4.69, 9.17) is 4.74 Å². The number of carbonyl (C=O) groups is 1. The molecule has 0 saturated heterocycles. The summed E-state index contributed by atoms with van der Waals surface area (Å²) < 4.78 is 5.92. The van der Waals surface area contributed by atoms with Crippen molar-refractivity contribution in [2.75, 3.05) is 7.11 Å². The second-order valence-corrected chi connectivity index (χ2v) is 4.96. The molecule has 0 saturated carbocycles. The van der Waals surface area contributed by atoms with Crippen molar-refractivity contribution in [3.63, 3.8) is 0 Å². The third kappa shape index (κ3) is 3.82. The van der Waals surface area contributed by atoms with E-state index >= 15 is 0 Å². The van der Waals surface area contributed by atoms with Gasteiger partial charge in [0, 0.05) is 0 Å². The number of benzene rings is 2. The number of amides is 1. The van der Waals surface area contributed by atoms with E-state index in [-0.39, 0.29) is 11.3 Å². The smallest absolute Gasteiger partial charge is 0.275 e. The summed E-state index contributed by atoms with van der Waals surface area (Å²) in [4.78, 5) is 11.8. The van der Waals surface area contributed by atoms with Crippen LogP contribution in [0.2, 0.25) is 0 Å². The number of hydrogen-bond donors (Lipinski definition) is 2. The first-order valence-corrected chi connectivity index (χ1v) is 6.86. The van der Waals surface area contributed by atoms with E-state index in [0.29, 0.717) is 5.75 Å². The van der Waals surface area contributed by atoms with Gasteiger partial charge in [-0.15, -0.1) is 0 Å². The summed E-state index contributed by atoms with van der Waals surface area (Å²) in [6, 6.07) is 11.7. The molecule has 5 nitrogen and oxygen atoms in total. The molecule has 2 aromatic rings. The highest BCUT2D eigenvalue weighted by Crippen LogP contribution is 2.24. The normalized spacial score (nSPS) is 10.6. The van der Waals surface area contributed by atoms with Gasteiger partial charge in [0.15, 0.2) is 0 Å². The minimum atomic E-state index is -0.475. The molecular weight excluding hydrogens is 336 g/mol. The van der Waals surface area contributed by atoms with Crippen LogP contribution in [0.1, 0.15) is 15.9 Å². The highest BCUT2D eigenvalue weighted by atomic mass is 79.9. The fourth-order valence-corrected chi connectivity index (χ4v) is 2.21. The molecule has 0 aliphatic rings. The number of nitrogens with one attached hydrogen (secondary N) is 1. The van der Waals surface area contributed by atoms with Gasteiger partial charge in [0.25, 0.3) is 5.91 Å². The standard InChI is InChI=1S/C15H13BrN2O3/c1-21-14-7-6-10(8-12(14)16)9-17-18-15(20)11-4-2-3-5-13(11)19/h2-9,19H,1H3,(H,18,20)/b17-9+. The summed E-state index contributed by atoms with van der Waals surface area (Å²) in [5.41, 5.74) is 3.32. The Morgan fingerprint density at radius 3 is 2.76 bits per heavy atom. The first kappa shape index (κ1) is 15.1. The molecule has 108 valence electrons. The number of nitrogens with zero attached hydrogens (tertiary/aromatic N) is 1. The van der Waals surface area contributed by atoms with E-state index in [2.05, 4.69) is 26.5 Å². The largest absolute Gasteiger partial charge is 0.507 e. The number of rotatable bonds is 4. The molecule has 0 spiro atoms. The van der Waals surface area contributed by atoms with Gasteiger partial charge in [0.05, 0.1) is 23.4 Å². The Hall–Kier alpha value is -2.34. The Balaban J connectivity index is 2.04. The molecule has 0 radical (unpaired) electrons. The van der Waals surface area contributed by atoms with E-state index in [1.54, 1.807) is 31.4 Å². The van der Waals surface area contributed by atoms with Crippen molar-refractivity contribution in [2.45, 2.75) is 0 Å². The van der Waals surface area contributed by atoms with Crippen LogP contribution in [-0.4, -0.2) is 24.3 Å². The Morgan fingerprint density at radius 1 is 1.33 bits per heavy atom. The van der Waals surface area contributed by atoms with Crippen molar-refractivity contribution in [1.82, 2.24) is 5.43 Å². The van der Waals surface area contributed by atoms with Crippen LogP contribution in [0, 0.1) is 0 Å². The lowest BCUT2D eigenvalue weighted by Gasteiger charge is -2.04. The van der Waals surface area contributed by atoms with Crippen molar-refractivity contribution in [1.29, 1.82) is 0 Å². The number of hydrogen-bond acceptors (Lipinski definition) is 4. The maximum atomic E-state index is 11.8. The minimum absolute atomic E-state index is 0.0857. The second kappa shape index (κ2) is 6.90. The fraction of sp³-hybridized carbons (Fsp3) is 0.0667. The number of phenolic OH excluding ortho intramolecular Hbond substituents is 1. The predicted octanol–water partition coefficient (Wildman–Crippen LogP) is 2.93.